The van der Waals surface area contributed by atoms with Gasteiger partial charge in [0.15, 0.2) is 0 Å². The third-order valence-corrected chi connectivity index (χ3v) is 4.75. The second-order valence-electron chi connectivity index (χ2n) is 5.61. The molecule has 0 unspecified atom stereocenters. The van der Waals surface area contributed by atoms with Gasteiger partial charge >= 0.3 is 6.03 Å². The summed E-state index contributed by atoms with van der Waals surface area (Å²) in [4.78, 5) is 26.7. The monoisotopic (exact) mass is 369 g/mol. The standard InChI is InChI=1S/C16H17Cl2N3O3/c1-9-12(15(22)21-5-7-24-8-6-21)14(20-16(23)19-9)13-10(17)3-2-4-11(13)18/h2-4,14H,5-8H2,1H3,(H2,19,20,23)/t14-/m0/s1. The van der Waals surface area contributed by atoms with Crippen molar-refractivity contribution in [2.75, 3.05) is 26.3 Å². The number of carbonyl (C=O) groups is 2. The van der Waals surface area contributed by atoms with Crippen molar-refractivity contribution < 1.29 is 14.3 Å². The van der Waals surface area contributed by atoms with Gasteiger partial charge in [-0.3, -0.25) is 4.79 Å². The summed E-state index contributed by atoms with van der Waals surface area (Å²) in [6, 6.07) is 3.99. The number of ether oxygens (including phenoxy) is 1. The first kappa shape index (κ1) is 17.1. The van der Waals surface area contributed by atoms with Crippen molar-refractivity contribution in [3.05, 3.63) is 45.1 Å². The molecule has 3 amide bonds. The molecule has 2 N–H and O–H groups in total. The number of hydrogen-bond acceptors (Lipinski definition) is 3. The molecule has 8 heteroatoms. The second-order valence-corrected chi connectivity index (χ2v) is 6.42. The molecule has 1 atom stereocenters. The summed E-state index contributed by atoms with van der Waals surface area (Å²) in [6.07, 6.45) is 0. The highest BCUT2D eigenvalue weighted by Crippen LogP contribution is 2.37. The summed E-state index contributed by atoms with van der Waals surface area (Å²) < 4.78 is 5.29. The number of hydrogen-bond donors (Lipinski definition) is 2. The van der Waals surface area contributed by atoms with E-state index in [2.05, 4.69) is 10.6 Å². The average molecular weight is 370 g/mol. The van der Waals surface area contributed by atoms with E-state index in [9.17, 15) is 9.59 Å². The highest BCUT2D eigenvalue weighted by Gasteiger charge is 2.36. The van der Waals surface area contributed by atoms with Gasteiger partial charge < -0.3 is 20.3 Å². The quantitative estimate of drug-likeness (QED) is 0.840. The molecule has 1 aromatic rings. The molecule has 0 aliphatic carbocycles. The second kappa shape index (κ2) is 7.01. The van der Waals surface area contributed by atoms with Crippen LogP contribution in [0, 0.1) is 0 Å². The zero-order valence-electron chi connectivity index (χ0n) is 13.1. The normalized spacial score (nSPS) is 21.4. The van der Waals surface area contributed by atoms with Crippen LogP contribution in [0.5, 0.6) is 0 Å². The van der Waals surface area contributed by atoms with E-state index < -0.39 is 12.1 Å². The Morgan fingerprint density at radius 1 is 1.25 bits per heavy atom. The Kier molecular flexibility index (Phi) is 4.99. The SMILES string of the molecule is CC1=C(C(=O)N2CCOCC2)[C@@H](c2c(Cl)cccc2Cl)NC(=O)N1. The number of rotatable bonds is 2. The zero-order chi connectivity index (χ0) is 17.3. The Balaban J connectivity index is 2.04. The molecule has 0 saturated carbocycles. The molecule has 6 nitrogen and oxygen atoms in total. The molecule has 2 aliphatic rings. The van der Waals surface area contributed by atoms with Gasteiger partial charge in [-0.2, -0.15) is 0 Å². The van der Waals surface area contributed by atoms with Crippen molar-refractivity contribution in [3.8, 4) is 0 Å². The van der Waals surface area contributed by atoms with Crippen LogP contribution in [0.25, 0.3) is 0 Å². The van der Waals surface area contributed by atoms with Crippen LogP contribution >= 0.6 is 23.2 Å². The van der Waals surface area contributed by atoms with Gasteiger partial charge in [-0.1, -0.05) is 29.3 Å². The van der Waals surface area contributed by atoms with Crippen LogP contribution in [0.4, 0.5) is 4.79 Å². The number of nitrogens with zero attached hydrogens (tertiary/aromatic N) is 1. The Labute approximate surface area is 149 Å². The summed E-state index contributed by atoms with van der Waals surface area (Å²) in [5.41, 5.74) is 1.45. The van der Waals surface area contributed by atoms with Crippen LogP contribution in [0.1, 0.15) is 18.5 Å². The van der Waals surface area contributed by atoms with Gasteiger partial charge in [-0.25, -0.2) is 4.79 Å². The van der Waals surface area contributed by atoms with Crippen LogP contribution in [0.2, 0.25) is 10.0 Å². The number of halogens is 2. The molecule has 2 aliphatic heterocycles. The van der Waals surface area contributed by atoms with Gasteiger partial charge in [-0.15, -0.1) is 0 Å². The first-order valence-electron chi connectivity index (χ1n) is 7.58. The van der Waals surface area contributed by atoms with E-state index in [-0.39, 0.29) is 5.91 Å². The van der Waals surface area contributed by atoms with Crippen molar-refractivity contribution in [2.45, 2.75) is 13.0 Å². The first-order valence-corrected chi connectivity index (χ1v) is 8.34. The predicted molar refractivity (Wildman–Crippen MR) is 91.0 cm³/mol. The van der Waals surface area contributed by atoms with Crippen LogP contribution in [-0.4, -0.2) is 43.1 Å². The molecule has 24 heavy (non-hydrogen) atoms. The lowest BCUT2D eigenvalue weighted by molar-refractivity contribution is -0.131. The summed E-state index contributed by atoms with van der Waals surface area (Å²) in [6.45, 7) is 3.70. The maximum atomic E-state index is 13.0. The third-order valence-electron chi connectivity index (χ3n) is 4.09. The maximum absolute atomic E-state index is 13.0. The van der Waals surface area contributed by atoms with E-state index in [4.69, 9.17) is 27.9 Å². The largest absolute Gasteiger partial charge is 0.378 e. The smallest absolute Gasteiger partial charge is 0.319 e. The van der Waals surface area contributed by atoms with E-state index in [1.807, 2.05) is 0 Å². The minimum absolute atomic E-state index is 0.163. The molecule has 1 saturated heterocycles. The molecular formula is C16H17Cl2N3O3. The molecular weight excluding hydrogens is 353 g/mol. The fourth-order valence-electron chi connectivity index (χ4n) is 2.92. The van der Waals surface area contributed by atoms with Crippen molar-refractivity contribution in [2.24, 2.45) is 0 Å². The van der Waals surface area contributed by atoms with Crippen LogP contribution in [-0.2, 0) is 9.53 Å². The number of allylic oxidation sites excluding steroid dienone is 1. The van der Waals surface area contributed by atoms with Crippen molar-refractivity contribution in [1.29, 1.82) is 0 Å². The number of nitrogens with one attached hydrogen (secondary N) is 2. The molecule has 0 bridgehead atoms. The van der Waals surface area contributed by atoms with Crippen LogP contribution < -0.4 is 10.6 Å². The van der Waals surface area contributed by atoms with Gasteiger partial charge in [0.2, 0.25) is 0 Å². The molecule has 0 aromatic heterocycles. The predicted octanol–water partition coefficient (Wildman–Crippen LogP) is 2.48. The summed E-state index contributed by atoms with van der Waals surface area (Å²) in [7, 11) is 0. The Morgan fingerprint density at radius 2 is 1.88 bits per heavy atom. The number of urea groups is 1. The average Bonchev–Trinajstić information content (AvgIpc) is 2.54. The van der Waals surface area contributed by atoms with Gasteiger partial charge in [0, 0.05) is 34.4 Å². The van der Waals surface area contributed by atoms with E-state index in [1.54, 1.807) is 30.0 Å². The molecule has 3 rings (SSSR count). The summed E-state index contributed by atoms with van der Waals surface area (Å²) >= 11 is 12.6. The molecule has 0 radical (unpaired) electrons. The molecule has 1 fully saturated rings. The lowest BCUT2D eigenvalue weighted by Crippen LogP contribution is -2.49. The summed E-state index contributed by atoms with van der Waals surface area (Å²) in [5, 5.41) is 6.21. The van der Waals surface area contributed by atoms with Crippen LogP contribution in [0.3, 0.4) is 0 Å². The van der Waals surface area contributed by atoms with Gasteiger partial charge in [0.1, 0.15) is 0 Å². The molecule has 1 aromatic carbocycles. The fourth-order valence-corrected chi connectivity index (χ4v) is 3.53. The fraction of sp³-hybridized carbons (Fsp3) is 0.375. The lowest BCUT2D eigenvalue weighted by atomic mass is 9.94. The Bertz CT molecular complexity index is 694. The van der Waals surface area contributed by atoms with Crippen molar-refractivity contribution in [3.63, 3.8) is 0 Å². The molecule has 128 valence electrons. The van der Waals surface area contributed by atoms with Gasteiger partial charge in [0.25, 0.3) is 5.91 Å². The Morgan fingerprint density at radius 3 is 2.50 bits per heavy atom. The van der Waals surface area contributed by atoms with Gasteiger partial charge in [0.05, 0.1) is 24.8 Å². The van der Waals surface area contributed by atoms with E-state index in [0.29, 0.717) is 53.2 Å². The highest BCUT2D eigenvalue weighted by molar-refractivity contribution is 6.36. The highest BCUT2D eigenvalue weighted by atomic mass is 35.5. The van der Waals surface area contributed by atoms with E-state index >= 15 is 0 Å². The van der Waals surface area contributed by atoms with E-state index in [1.165, 1.54) is 0 Å². The van der Waals surface area contributed by atoms with Crippen molar-refractivity contribution in [1.82, 2.24) is 15.5 Å². The number of carbonyl (C=O) groups excluding carboxylic acids is 2. The number of benzene rings is 1. The Hall–Kier alpha value is -1.76. The molecule has 2 heterocycles. The maximum Gasteiger partial charge on any atom is 0.319 e. The minimum Gasteiger partial charge on any atom is -0.378 e. The van der Waals surface area contributed by atoms with Crippen molar-refractivity contribution >= 4 is 35.1 Å². The lowest BCUT2D eigenvalue weighted by Gasteiger charge is -2.34. The molecule has 0 spiro atoms. The zero-order valence-corrected chi connectivity index (χ0v) is 14.6. The van der Waals surface area contributed by atoms with Crippen LogP contribution in [0.15, 0.2) is 29.5 Å². The summed E-state index contributed by atoms with van der Waals surface area (Å²) in [5.74, 6) is -0.163. The minimum atomic E-state index is -0.699. The van der Waals surface area contributed by atoms with E-state index in [0.717, 1.165) is 0 Å². The number of morpholine rings is 1. The number of amides is 3. The topological polar surface area (TPSA) is 70.7 Å². The first-order chi connectivity index (χ1) is 11.5. The third kappa shape index (κ3) is 3.22. The van der Waals surface area contributed by atoms with Gasteiger partial charge in [-0.05, 0) is 19.1 Å².